The average Bonchev–Trinajstić information content (AvgIpc) is 2.63. The first-order valence-corrected chi connectivity index (χ1v) is 8.60. The second-order valence-corrected chi connectivity index (χ2v) is 8.23. The van der Waals surface area contributed by atoms with Crippen LogP contribution in [0.25, 0.3) is 0 Å². The number of aromatic nitrogens is 1. The Morgan fingerprint density at radius 3 is 2.61 bits per heavy atom. The van der Waals surface area contributed by atoms with Crippen molar-refractivity contribution in [1.82, 2.24) is 4.98 Å². The molecule has 1 aromatic carbocycles. The lowest BCUT2D eigenvalue weighted by molar-refractivity contribution is 0.594. The third kappa shape index (κ3) is 2.81. The molecule has 0 aliphatic heterocycles. The zero-order chi connectivity index (χ0) is 13.3. The number of halogens is 1. The molecule has 2 aromatic rings. The molecule has 0 atom stereocenters. The molecule has 1 heterocycles. The Hall–Kier alpha value is -0.720. The SMILES string of the molecule is Cc1ccc(S(=O)(=O)Cc2ncsc2Br)c(C)c1. The lowest BCUT2D eigenvalue weighted by Gasteiger charge is -2.07. The van der Waals surface area contributed by atoms with Gasteiger partial charge in [0, 0.05) is 0 Å². The van der Waals surface area contributed by atoms with Gasteiger partial charge in [0.1, 0.15) is 0 Å². The van der Waals surface area contributed by atoms with Crippen molar-refractivity contribution in [3.63, 3.8) is 0 Å². The summed E-state index contributed by atoms with van der Waals surface area (Å²) in [7, 11) is -3.34. The highest BCUT2D eigenvalue weighted by atomic mass is 79.9. The van der Waals surface area contributed by atoms with Gasteiger partial charge in [-0.05, 0) is 41.4 Å². The second-order valence-electron chi connectivity index (χ2n) is 4.10. The Morgan fingerprint density at radius 2 is 2.06 bits per heavy atom. The first-order chi connectivity index (χ1) is 8.40. The third-order valence-electron chi connectivity index (χ3n) is 2.58. The van der Waals surface area contributed by atoms with Crippen LogP contribution in [0.2, 0.25) is 0 Å². The molecule has 0 aliphatic rings. The number of hydrogen-bond acceptors (Lipinski definition) is 4. The summed E-state index contributed by atoms with van der Waals surface area (Å²) in [5.41, 5.74) is 4.04. The molecule has 96 valence electrons. The molecule has 0 spiro atoms. The maximum Gasteiger partial charge on any atom is 0.184 e. The minimum absolute atomic E-state index is 0.0685. The van der Waals surface area contributed by atoms with Gasteiger partial charge in [-0.25, -0.2) is 13.4 Å². The number of sulfone groups is 1. The van der Waals surface area contributed by atoms with E-state index in [0.717, 1.165) is 14.9 Å². The van der Waals surface area contributed by atoms with Crippen LogP contribution in [0.3, 0.4) is 0 Å². The zero-order valence-corrected chi connectivity index (χ0v) is 13.2. The van der Waals surface area contributed by atoms with Gasteiger partial charge in [-0.15, -0.1) is 11.3 Å². The lowest BCUT2D eigenvalue weighted by atomic mass is 10.2. The van der Waals surface area contributed by atoms with Crippen LogP contribution in [-0.4, -0.2) is 13.4 Å². The highest BCUT2D eigenvalue weighted by molar-refractivity contribution is 9.11. The van der Waals surface area contributed by atoms with Gasteiger partial charge in [0.2, 0.25) is 0 Å². The van der Waals surface area contributed by atoms with Crippen LogP contribution in [0.1, 0.15) is 16.8 Å². The van der Waals surface area contributed by atoms with Gasteiger partial charge in [0.25, 0.3) is 0 Å². The van der Waals surface area contributed by atoms with Gasteiger partial charge in [-0.1, -0.05) is 17.7 Å². The van der Waals surface area contributed by atoms with Crippen LogP contribution >= 0.6 is 27.3 Å². The molecule has 2 rings (SSSR count). The summed E-state index contributed by atoms with van der Waals surface area (Å²) >= 11 is 4.70. The molecule has 0 fully saturated rings. The Morgan fingerprint density at radius 1 is 1.33 bits per heavy atom. The topological polar surface area (TPSA) is 47.0 Å². The van der Waals surface area contributed by atoms with E-state index in [4.69, 9.17) is 0 Å². The van der Waals surface area contributed by atoms with E-state index in [9.17, 15) is 8.42 Å². The van der Waals surface area contributed by atoms with Crippen LogP contribution in [0, 0.1) is 13.8 Å². The molecule has 0 saturated carbocycles. The van der Waals surface area contributed by atoms with Crippen molar-refractivity contribution in [3.05, 3.63) is 44.3 Å². The second kappa shape index (κ2) is 5.11. The van der Waals surface area contributed by atoms with Crippen molar-refractivity contribution in [2.45, 2.75) is 24.5 Å². The fourth-order valence-electron chi connectivity index (χ4n) is 1.76. The predicted octanol–water partition coefficient (Wildman–Crippen LogP) is 3.50. The molecular formula is C12H12BrNO2S2. The summed E-state index contributed by atoms with van der Waals surface area (Å²) < 4.78 is 25.4. The van der Waals surface area contributed by atoms with E-state index in [2.05, 4.69) is 20.9 Å². The number of thiazole rings is 1. The van der Waals surface area contributed by atoms with E-state index in [1.54, 1.807) is 11.6 Å². The number of benzene rings is 1. The Labute approximate surface area is 119 Å². The maximum absolute atomic E-state index is 12.3. The van der Waals surface area contributed by atoms with Crippen molar-refractivity contribution in [2.24, 2.45) is 0 Å². The summed E-state index contributed by atoms with van der Waals surface area (Å²) in [6.45, 7) is 3.76. The van der Waals surface area contributed by atoms with Crippen LogP contribution in [-0.2, 0) is 15.6 Å². The average molecular weight is 346 g/mol. The first-order valence-electron chi connectivity index (χ1n) is 5.28. The maximum atomic E-state index is 12.3. The van der Waals surface area contributed by atoms with E-state index in [1.165, 1.54) is 11.3 Å². The molecule has 0 amide bonds. The lowest BCUT2D eigenvalue weighted by Crippen LogP contribution is -2.07. The summed E-state index contributed by atoms with van der Waals surface area (Å²) in [5, 5.41) is 0. The van der Waals surface area contributed by atoms with E-state index in [-0.39, 0.29) is 5.75 Å². The molecule has 0 radical (unpaired) electrons. The quantitative estimate of drug-likeness (QED) is 0.855. The van der Waals surface area contributed by atoms with Crippen molar-refractivity contribution >= 4 is 37.1 Å². The van der Waals surface area contributed by atoms with E-state index in [0.29, 0.717) is 10.6 Å². The van der Waals surface area contributed by atoms with Crippen molar-refractivity contribution in [3.8, 4) is 0 Å². The van der Waals surface area contributed by atoms with Gasteiger partial charge in [-0.3, -0.25) is 0 Å². The Kier molecular flexibility index (Phi) is 3.89. The Bertz CT molecular complexity index is 677. The molecule has 18 heavy (non-hydrogen) atoms. The van der Waals surface area contributed by atoms with Gasteiger partial charge in [-0.2, -0.15) is 0 Å². The highest BCUT2D eigenvalue weighted by Crippen LogP contribution is 2.26. The van der Waals surface area contributed by atoms with Crippen molar-refractivity contribution in [1.29, 1.82) is 0 Å². The number of aryl methyl sites for hydroxylation is 2. The fraction of sp³-hybridized carbons (Fsp3) is 0.250. The number of hydrogen-bond donors (Lipinski definition) is 0. The summed E-state index contributed by atoms with van der Waals surface area (Å²) in [4.78, 5) is 4.45. The monoisotopic (exact) mass is 345 g/mol. The van der Waals surface area contributed by atoms with Gasteiger partial charge >= 0.3 is 0 Å². The molecule has 0 N–H and O–H groups in total. The molecule has 1 aromatic heterocycles. The van der Waals surface area contributed by atoms with E-state index in [1.807, 2.05) is 26.0 Å². The van der Waals surface area contributed by atoms with Crippen molar-refractivity contribution in [2.75, 3.05) is 0 Å². The smallest absolute Gasteiger partial charge is 0.184 e. The number of rotatable bonds is 3. The normalized spacial score (nSPS) is 11.7. The molecule has 6 heteroatoms. The molecule has 0 aliphatic carbocycles. The van der Waals surface area contributed by atoms with Gasteiger partial charge < -0.3 is 0 Å². The standard InChI is InChI=1S/C12H12BrNO2S2/c1-8-3-4-11(9(2)5-8)18(15,16)6-10-12(13)17-7-14-10/h3-5,7H,6H2,1-2H3. The summed E-state index contributed by atoms with van der Waals surface area (Å²) in [6, 6.07) is 5.36. The summed E-state index contributed by atoms with van der Waals surface area (Å²) in [5.74, 6) is -0.0685. The van der Waals surface area contributed by atoms with Crippen molar-refractivity contribution < 1.29 is 8.42 Å². The minimum Gasteiger partial charge on any atom is -0.247 e. The van der Waals surface area contributed by atoms with Crippen LogP contribution in [0.15, 0.2) is 32.4 Å². The van der Waals surface area contributed by atoms with Crippen LogP contribution in [0.5, 0.6) is 0 Å². The molecule has 0 bridgehead atoms. The molecule has 3 nitrogen and oxygen atoms in total. The Balaban J connectivity index is 2.40. The first kappa shape index (κ1) is 13.7. The van der Waals surface area contributed by atoms with E-state index >= 15 is 0 Å². The molecule has 0 saturated heterocycles. The van der Waals surface area contributed by atoms with Gasteiger partial charge in [0.05, 0.1) is 25.6 Å². The predicted molar refractivity (Wildman–Crippen MR) is 76.6 cm³/mol. The largest absolute Gasteiger partial charge is 0.247 e. The van der Waals surface area contributed by atoms with Gasteiger partial charge in [0.15, 0.2) is 9.84 Å². The zero-order valence-electron chi connectivity index (χ0n) is 9.97. The van der Waals surface area contributed by atoms with Crippen LogP contribution in [0.4, 0.5) is 0 Å². The van der Waals surface area contributed by atoms with Crippen LogP contribution < -0.4 is 0 Å². The van der Waals surface area contributed by atoms with E-state index < -0.39 is 9.84 Å². The summed E-state index contributed by atoms with van der Waals surface area (Å²) in [6.07, 6.45) is 0. The number of nitrogens with zero attached hydrogens (tertiary/aromatic N) is 1. The third-order valence-corrected chi connectivity index (χ3v) is 6.04. The minimum atomic E-state index is -3.34. The molecular weight excluding hydrogens is 334 g/mol. The fourth-order valence-corrected chi connectivity index (χ4v) is 4.62. The highest BCUT2D eigenvalue weighted by Gasteiger charge is 2.20. The molecule has 0 unspecified atom stereocenters.